The SMILES string of the molecule is CCCNC(=O)[C@@H](Cc1ccccc1)N(Cc1cccc(C)c1)C(=O)Cc1cc(C)ccc1C. The minimum Gasteiger partial charge on any atom is -0.354 e. The van der Waals surface area contributed by atoms with Crippen molar-refractivity contribution in [2.45, 2.75) is 59.5 Å². The van der Waals surface area contributed by atoms with E-state index >= 15 is 0 Å². The van der Waals surface area contributed by atoms with E-state index in [-0.39, 0.29) is 18.2 Å². The van der Waals surface area contributed by atoms with Gasteiger partial charge in [-0.1, -0.05) is 90.8 Å². The molecule has 0 unspecified atom stereocenters. The Hall–Kier alpha value is -3.40. The number of carbonyl (C=O) groups excluding carboxylic acids is 2. The van der Waals surface area contributed by atoms with Gasteiger partial charge in [-0.15, -0.1) is 0 Å². The minimum absolute atomic E-state index is 0.0391. The molecule has 1 atom stereocenters. The molecule has 34 heavy (non-hydrogen) atoms. The zero-order chi connectivity index (χ0) is 24.5. The van der Waals surface area contributed by atoms with Crippen molar-refractivity contribution in [2.24, 2.45) is 0 Å². The highest BCUT2D eigenvalue weighted by Gasteiger charge is 2.30. The van der Waals surface area contributed by atoms with Crippen molar-refractivity contribution in [3.63, 3.8) is 0 Å². The van der Waals surface area contributed by atoms with Gasteiger partial charge in [-0.3, -0.25) is 9.59 Å². The fourth-order valence-corrected chi connectivity index (χ4v) is 4.18. The number of aryl methyl sites for hydroxylation is 3. The second kappa shape index (κ2) is 12.2. The van der Waals surface area contributed by atoms with Crippen LogP contribution in [0.2, 0.25) is 0 Å². The molecule has 1 N–H and O–H groups in total. The van der Waals surface area contributed by atoms with E-state index in [1.807, 2.05) is 76.2 Å². The van der Waals surface area contributed by atoms with E-state index in [4.69, 9.17) is 0 Å². The molecule has 0 aliphatic carbocycles. The molecule has 3 rings (SSSR count). The largest absolute Gasteiger partial charge is 0.354 e. The normalized spacial score (nSPS) is 11.6. The Morgan fingerprint density at radius 1 is 0.853 bits per heavy atom. The zero-order valence-electron chi connectivity index (χ0n) is 20.8. The van der Waals surface area contributed by atoms with Crippen LogP contribution >= 0.6 is 0 Å². The summed E-state index contributed by atoms with van der Waals surface area (Å²) in [5, 5.41) is 3.04. The molecule has 0 fully saturated rings. The Morgan fingerprint density at radius 3 is 2.26 bits per heavy atom. The van der Waals surface area contributed by atoms with Crippen LogP contribution in [0, 0.1) is 20.8 Å². The molecule has 0 saturated carbocycles. The molecule has 0 spiro atoms. The summed E-state index contributed by atoms with van der Waals surface area (Å²) < 4.78 is 0. The van der Waals surface area contributed by atoms with E-state index in [1.54, 1.807) is 4.90 Å². The summed E-state index contributed by atoms with van der Waals surface area (Å²) in [6, 6.07) is 23.7. The van der Waals surface area contributed by atoms with Crippen molar-refractivity contribution in [1.29, 1.82) is 0 Å². The Kier molecular flexibility index (Phi) is 9.03. The number of benzene rings is 3. The lowest BCUT2D eigenvalue weighted by Gasteiger charge is -2.32. The second-order valence-electron chi connectivity index (χ2n) is 9.11. The Labute approximate surface area is 204 Å². The number of hydrogen-bond donors (Lipinski definition) is 1. The predicted molar refractivity (Wildman–Crippen MR) is 139 cm³/mol. The van der Waals surface area contributed by atoms with E-state index in [0.29, 0.717) is 19.5 Å². The van der Waals surface area contributed by atoms with Crippen LogP contribution in [-0.2, 0) is 29.0 Å². The summed E-state index contributed by atoms with van der Waals surface area (Å²) >= 11 is 0. The van der Waals surface area contributed by atoms with Crippen molar-refractivity contribution in [2.75, 3.05) is 6.54 Å². The van der Waals surface area contributed by atoms with Crippen LogP contribution in [0.3, 0.4) is 0 Å². The average Bonchev–Trinajstić information content (AvgIpc) is 2.82. The molecular formula is C30H36N2O2. The van der Waals surface area contributed by atoms with Crippen LogP contribution in [-0.4, -0.2) is 29.3 Å². The zero-order valence-corrected chi connectivity index (χ0v) is 20.8. The van der Waals surface area contributed by atoms with Gasteiger partial charge in [0.1, 0.15) is 6.04 Å². The van der Waals surface area contributed by atoms with Crippen LogP contribution in [0.1, 0.15) is 46.7 Å². The summed E-state index contributed by atoms with van der Waals surface area (Å²) in [7, 11) is 0. The van der Waals surface area contributed by atoms with Gasteiger partial charge in [0, 0.05) is 19.5 Å². The third-order valence-corrected chi connectivity index (χ3v) is 6.10. The number of carbonyl (C=O) groups is 2. The van der Waals surface area contributed by atoms with Crippen LogP contribution in [0.5, 0.6) is 0 Å². The van der Waals surface area contributed by atoms with Crippen molar-refractivity contribution in [3.05, 3.63) is 106 Å². The lowest BCUT2D eigenvalue weighted by molar-refractivity contribution is -0.140. The average molecular weight is 457 g/mol. The summed E-state index contributed by atoms with van der Waals surface area (Å²) in [4.78, 5) is 29.0. The van der Waals surface area contributed by atoms with Gasteiger partial charge in [0.25, 0.3) is 0 Å². The first kappa shape index (κ1) is 25.2. The summed E-state index contributed by atoms with van der Waals surface area (Å²) in [6.07, 6.45) is 1.59. The van der Waals surface area contributed by atoms with Crippen molar-refractivity contribution >= 4 is 11.8 Å². The molecule has 0 saturated heterocycles. The van der Waals surface area contributed by atoms with Gasteiger partial charge in [0.2, 0.25) is 11.8 Å². The quantitative estimate of drug-likeness (QED) is 0.449. The first-order valence-corrected chi connectivity index (χ1v) is 12.1. The highest BCUT2D eigenvalue weighted by Crippen LogP contribution is 2.19. The third kappa shape index (κ3) is 7.05. The van der Waals surface area contributed by atoms with Crippen LogP contribution < -0.4 is 5.32 Å². The van der Waals surface area contributed by atoms with Gasteiger partial charge in [-0.2, -0.15) is 0 Å². The van der Waals surface area contributed by atoms with Gasteiger partial charge in [0.05, 0.1) is 6.42 Å². The lowest BCUT2D eigenvalue weighted by atomic mass is 9.99. The molecule has 3 aromatic rings. The fraction of sp³-hybridized carbons (Fsp3) is 0.333. The smallest absolute Gasteiger partial charge is 0.243 e. The molecule has 0 bridgehead atoms. The second-order valence-corrected chi connectivity index (χ2v) is 9.11. The topological polar surface area (TPSA) is 49.4 Å². The Balaban J connectivity index is 1.98. The fourth-order valence-electron chi connectivity index (χ4n) is 4.18. The van der Waals surface area contributed by atoms with Crippen LogP contribution in [0.4, 0.5) is 0 Å². The molecule has 2 amide bonds. The third-order valence-electron chi connectivity index (χ3n) is 6.10. The first-order valence-electron chi connectivity index (χ1n) is 12.1. The molecule has 4 nitrogen and oxygen atoms in total. The van der Waals surface area contributed by atoms with E-state index in [2.05, 4.69) is 29.6 Å². The minimum atomic E-state index is -0.591. The Bertz CT molecular complexity index is 1110. The molecule has 0 aliphatic rings. The number of hydrogen-bond acceptors (Lipinski definition) is 2. The molecule has 3 aromatic carbocycles. The number of rotatable bonds is 10. The molecule has 178 valence electrons. The monoisotopic (exact) mass is 456 g/mol. The summed E-state index contributed by atoms with van der Waals surface area (Å²) in [5.41, 5.74) is 6.41. The standard InChI is InChI=1S/C30H36N2O2/c1-5-16-31-30(34)28(19-25-11-7-6-8-12-25)32(21-26-13-9-10-22(2)17-26)29(33)20-27-18-23(3)14-15-24(27)4/h6-15,17-18,28H,5,16,19-21H2,1-4H3,(H,31,34)/t28-/m1/s1. The van der Waals surface area contributed by atoms with E-state index in [0.717, 1.165) is 39.8 Å². The van der Waals surface area contributed by atoms with Crippen molar-refractivity contribution < 1.29 is 9.59 Å². The summed E-state index contributed by atoms with van der Waals surface area (Å²) in [5.74, 6) is -0.143. The predicted octanol–water partition coefficient (Wildman–Crippen LogP) is 5.32. The maximum Gasteiger partial charge on any atom is 0.243 e. The van der Waals surface area contributed by atoms with Gasteiger partial charge >= 0.3 is 0 Å². The molecular weight excluding hydrogens is 420 g/mol. The molecule has 0 radical (unpaired) electrons. The number of nitrogens with zero attached hydrogens (tertiary/aromatic N) is 1. The maximum atomic E-state index is 13.8. The summed E-state index contributed by atoms with van der Waals surface area (Å²) in [6.45, 7) is 9.12. The van der Waals surface area contributed by atoms with Gasteiger partial charge in [-0.05, 0) is 49.4 Å². The van der Waals surface area contributed by atoms with Crippen LogP contribution in [0.25, 0.3) is 0 Å². The van der Waals surface area contributed by atoms with Crippen molar-refractivity contribution in [3.8, 4) is 0 Å². The van der Waals surface area contributed by atoms with E-state index in [1.165, 1.54) is 0 Å². The number of nitrogens with one attached hydrogen (secondary N) is 1. The van der Waals surface area contributed by atoms with Gasteiger partial charge in [0.15, 0.2) is 0 Å². The molecule has 0 heterocycles. The van der Waals surface area contributed by atoms with Gasteiger partial charge in [-0.25, -0.2) is 0 Å². The Morgan fingerprint density at radius 2 is 1.56 bits per heavy atom. The van der Waals surface area contributed by atoms with E-state index in [9.17, 15) is 9.59 Å². The molecule has 0 aliphatic heterocycles. The van der Waals surface area contributed by atoms with Crippen molar-refractivity contribution in [1.82, 2.24) is 10.2 Å². The number of amides is 2. The van der Waals surface area contributed by atoms with Gasteiger partial charge < -0.3 is 10.2 Å². The molecule has 4 heteroatoms. The maximum absolute atomic E-state index is 13.8. The van der Waals surface area contributed by atoms with E-state index < -0.39 is 6.04 Å². The lowest BCUT2D eigenvalue weighted by Crippen LogP contribution is -2.51. The van der Waals surface area contributed by atoms with Crippen LogP contribution in [0.15, 0.2) is 72.8 Å². The highest BCUT2D eigenvalue weighted by atomic mass is 16.2. The molecule has 0 aromatic heterocycles. The highest BCUT2D eigenvalue weighted by molar-refractivity contribution is 5.89. The first-order chi connectivity index (χ1) is 16.4.